The summed E-state index contributed by atoms with van der Waals surface area (Å²) < 4.78 is 27.2. The largest absolute Gasteiger partial charge is 0.459 e. The second-order valence-electron chi connectivity index (χ2n) is 13.3. The van der Waals surface area contributed by atoms with E-state index in [-0.39, 0.29) is 46.4 Å². The molecule has 1 aliphatic carbocycles. The van der Waals surface area contributed by atoms with Crippen LogP contribution >= 0.6 is 0 Å². The van der Waals surface area contributed by atoms with Crippen LogP contribution in [0.4, 0.5) is 0 Å². The van der Waals surface area contributed by atoms with E-state index in [9.17, 15) is 4.79 Å². The molecule has 2 rings (SSSR count). The molecule has 2 bridgehead atoms. The topological polar surface area (TPSA) is 54.0 Å². The normalized spacial score (nSPS) is 29.4. The van der Waals surface area contributed by atoms with Crippen LogP contribution in [0.2, 0.25) is 54.4 Å². The number of hydrogen-bond donors (Lipinski definition) is 0. The summed E-state index contributed by atoms with van der Waals surface area (Å²) >= 11 is 0. The van der Waals surface area contributed by atoms with Crippen molar-refractivity contribution in [1.82, 2.24) is 0 Å². The van der Waals surface area contributed by atoms with Crippen molar-refractivity contribution in [2.45, 2.75) is 148 Å². The SMILES string of the molecule is CC[Si](CC)(CC)O[C@@H]1[C@@H](O[Si](C)(C)C(C)(C)C)[C@@H]2C[C@@H](OC2=O)[C@@H]1O[Si](C)(C)C(C)(C)C. The van der Waals surface area contributed by atoms with Crippen LogP contribution in [-0.2, 0) is 22.8 Å². The number of carbonyl (C=O) groups excluding carboxylic acids is 1. The lowest BCUT2D eigenvalue weighted by Crippen LogP contribution is -2.63. The fraction of sp³-hybridized carbons (Fsp3) is 0.960. The number of fused-ring (bicyclic) bond motifs is 2. The standard InChI is InChI=1S/C25H52O5Si3/c1-14-33(15-2,16-3)30-22-20(28-31(10,11)24(4,5)6)18-17-19(27-23(18)26)21(22)29-32(12,13)25(7,8)9/h18-22H,14-17H2,1-13H3/t18-,19+,20-,21-,22+/m0/s1. The maximum Gasteiger partial charge on any atom is 0.312 e. The Hall–Kier alpha value is 0.000649. The van der Waals surface area contributed by atoms with Crippen molar-refractivity contribution < 1.29 is 22.8 Å². The first-order chi connectivity index (χ1) is 14.8. The van der Waals surface area contributed by atoms with E-state index in [0.717, 1.165) is 18.1 Å². The zero-order valence-corrected chi connectivity index (χ0v) is 26.8. The fourth-order valence-electron chi connectivity index (χ4n) is 4.48. The van der Waals surface area contributed by atoms with Crippen LogP contribution < -0.4 is 0 Å². The van der Waals surface area contributed by atoms with Crippen LogP contribution in [0.15, 0.2) is 0 Å². The molecule has 8 heteroatoms. The minimum absolute atomic E-state index is 0.0431. The summed E-state index contributed by atoms with van der Waals surface area (Å²) in [5, 5.41) is 0.100. The van der Waals surface area contributed by atoms with Crippen molar-refractivity contribution in [1.29, 1.82) is 0 Å². The molecule has 0 spiro atoms. The third-order valence-corrected chi connectivity index (χ3v) is 22.8. The average molecular weight is 517 g/mol. The van der Waals surface area contributed by atoms with Crippen molar-refractivity contribution >= 4 is 30.9 Å². The fourth-order valence-corrected chi connectivity index (χ4v) is 9.97. The highest BCUT2D eigenvalue weighted by Gasteiger charge is 2.60. The Bertz CT molecular complexity index is 683. The van der Waals surface area contributed by atoms with Gasteiger partial charge in [0.15, 0.2) is 25.0 Å². The molecule has 33 heavy (non-hydrogen) atoms. The van der Waals surface area contributed by atoms with Gasteiger partial charge >= 0.3 is 5.97 Å². The minimum Gasteiger partial charge on any atom is -0.459 e. The molecule has 2 aliphatic rings. The summed E-state index contributed by atoms with van der Waals surface area (Å²) in [6.07, 6.45) is -0.382. The molecule has 0 aromatic heterocycles. The average Bonchev–Trinajstić information content (AvgIpc) is 3.02. The summed E-state index contributed by atoms with van der Waals surface area (Å²) in [6, 6.07) is 3.17. The third kappa shape index (κ3) is 5.88. The summed E-state index contributed by atoms with van der Waals surface area (Å²) in [5.41, 5.74) is 0. The molecule has 1 saturated heterocycles. The van der Waals surface area contributed by atoms with Crippen LogP contribution in [0.1, 0.15) is 68.7 Å². The maximum atomic E-state index is 13.1. The van der Waals surface area contributed by atoms with Crippen molar-refractivity contribution in [2.75, 3.05) is 0 Å². The molecule has 0 amide bonds. The zero-order valence-electron chi connectivity index (χ0n) is 23.8. The summed E-state index contributed by atoms with van der Waals surface area (Å²) in [4.78, 5) is 13.1. The van der Waals surface area contributed by atoms with Crippen molar-refractivity contribution in [3.8, 4) is 0 Å². The lowest BCUT2D eigenvalue weighted by molar-refractivity contribution is -0.146. The third-order valence-electron chi connectivity index (χ3n) is 9.26. The number of esters is 1. The van der Waals surface area contributed by atoms with E-state index < -0.39 is 25.0 Å². The van der Waals surface area contributed by atoms with E-state index in [4.69, 9.17) is 18.0 Å². The second-order valence-corrected chi connectivity index (χ2v) is 27.6. The van der Waals surface area contributed by atoms with Crippen LogP contribution in [0.5, 0.6) is 0 Å². The predicted molar refractivity (Wildman–Crippen MR) is 144 cm³/mol. The molecule has 194 valence electrons. The molecule has 2 fully saturated rings. The zero-order chi connectivity index (χ0) is 25.6. The quantitative estimate of drug-likeness (QED) is 0.241. The van der Waals surface area contributed by atoms with Gasteiger partial charge < -0.3 is 18.0 Å². The molecule has 0 N–H and O–H groups in total. The van der Waals surface area contributed by atoms with Gasteiger partial charge in [0.25, 0.3) is 0 Å². The minimum atomic E-state index is -2.15. The molecule has 1 aliphatic heterocycles. The number of carbonyl (C=O) groups is 1. The smallest absolute Gasteiger partial charge is 0.312 e. The van der Waals surface area contributed by atoms with Gasteiger partial charge in [-0.1, -0.05) is 62.3 Å². The van der Waals surface area contributed by atoms with Gasteiger partial charge in [0.05, 0.1) is 18.1 Å². The number of ether oxygens (including phenoxy) is 1. The molecule has 0 aromatic rings. The molecule has 0 aromatic carbocycles. The van der Waals surface area contributed by atoms with Crippen LogP contribution in [0, 0.1) is 5.92 Å². The lowest BCUT2D eigenvalue weighted by atomic mass is 9.83. The Morgan fingerprint density at radius 2 is 1.18 bits per heavy atom. The Morgan fingerprint density at radius 3 is 1.58 bits per heavy atom. The first kappa shape index (κ1) is 29.2. The summed E-state index contributed by atoms with van der Waals surface area (Å²) in [5.74, 6) is -0.388. The highest BCUT2D eigenvalue weighted by atomic mass is 28.4. The Balaban J connectivity index is 2.57. The van der Waals surface area contributed by atoms with E-state index in [1.54, 1.807) is 0 Å². The lowest BCUT2D eigenvalue weighted by Gasteiger charge is -2.50. The maximum absolute atomic E-state index is 13.1. The van der Waals surface area contributed by atoms with Gasteiger partial charge in [-0.25, -0.2) is 0 Å². The van der Waals surface area contributed by atoms with Gasteiger partial charge in [-0.2, -0.15) is 0 Å². The van der Waals surface area contributed by atoms with Gasteiger partial charge in [0, 0.05) is 6.42 Å². The molecule has 5 atom stereocenters. The number of rotatable bonds is 9. The van der Waals surface area contributed by atoms with Crippen molar-refractivity contribution in [2.24, 2.45) is 5.92 Å². The van der Waals surface area contributed by atoms with E-state index in [1.807, 2.05) is 0 Å². The summed E-state index contributed by atoms with van der Waals surface area (Å²) in [6.45, 7) is 29.4. The van der Waals surface area contributed by atoms with E-state index >= 15 is 0 Å². The van der Waals surface area contributed by atoms with E-state index in [1.165, 1.54) is 0 Å². The molecule has 0 unspecified atom stereocenters. The van der Waals surface area contributed by atoms with Gasteiger partial charge in [0.1, 0.15) is 12.2 Å². The molecule has 0 radical (unpaired) electrons. The van der Waals surface area contributed by atoms with Gasteiger partial charge in [0.2, 0.25) is 0 Å². The van der Waals surface area contributed by atoms with E-state index in [0.29, 0.717) is 6.42 Å². The molecule has 1 saturated carbocycles. The Labute approximate surface area is 207 Å². The number of hydrogen-bond acceptors (Lipinski definition) is 5. The molecule has 1 heterocycles. The van der Waals surface area contributed by atoms with Crippen LogP contribution in [0.25, 0.3) is 0 Å². The molecular formula is C25H52O5Si3. The first-order valence-corrected chi connectivity index (χ1v) is 21.4. The van der Waals surface area contributed by atoms with Gasteiger partial charge in [-0.05, 0) is 54.4 Å². The van der Waals surface area contributed by atoms with Gasteiger partial charge in [-0.15, -0.1) is 0 Å². The van der Waals surface area contributed by atoms with Crippen molar-refractivity contribution in [3.63, 3.8) is 0 Å². The molecular weight excluding hydrogens is 465 g/mol. The highest BCUT2D eigenvalue weighted by molar-refractivity contribution is 6.75. The van der Waals surface area contributed by atoms with Crippen LogP contribution in [-0.4, -0.2) is 55.3 Å². The summed E-state index contributed by atoms with van der Waals surface area (Å²) in [7, 11) is -6.26. The van der Waals surface area contributed by atoms with Crippen LogP contribution in [0.3, 0.4) is 0 Å². The van der Waals surface area contributed by atoms with E-state index in [2.05, 4.69) is 88.5 Å². The predicted octanol–water partition coefficient (Wildman–Crippen LogP) is 7.10. The molecule has 5 nitrogen and oxygen atoms in total. The Morgan fingerprint density at radius 1 is 0.758 bits per heavy atom. The van der Waals surface area contributed by atoms with Crippen molar-refractivity contribution in [3.05, 3.63) is 0 Å². The van der Waals surface area contributed by atoms with Gasteiger partial charge in [-0.3, -0.25) is 4.79 Å². The first-order valence-electron chi connectivity index (χ1n) is 13.1. The monoisotopic (exact) mass is 516 g/mol. The highest BCUT2D eigenvalue weighted by Crippen LogP contribution is 2.48. The second kappa shape index (κ2) is 9.81. The Kier molecular flexibility index (Phi) is 8.69.